The van der Waals surface area contributed by atoms with Gasteiger partial charge in [-0.3, -0.25) is 9.10 Å². The molecule has 5 nitrogen and oxygen atoms in total. The van der Waals surface area contributed by atoms with Crippen molar-refractivity contribution < 1.29 is 31.5 Å². The molecular formula is C15H10Cl2F3NO4S. The maximum absolute atomic E-state index is 13.1. The Bertz CT molecular complexity index is 934. The van der Waals surface area contributed by atoms with E-state index in [2.05, 4.69) is 0 Å². The smallest absolute Gasteiger partial charge is 0.417 e. The van der Waals surface area contributed by atoms with Crippen molar-refractivity contribution in [2.24, 2.45) is 0 Å². The predicted octanol–water partition coefficient (Wildman–Crippen LogP) is 4.29. The summed E-state index contributed by atoms with van der Waals surface area (Å²) in [5.41, 5.74) is -1.98. The minimum Gasteiger partial charge on any atom is -0.480 e. The Balaban J connectivity index is 2.71. The Morgan fingerprint density at radius 2 is 1.65 bits per heavy atom. The lowest BCUT2D eigenvalue weighted by Crippen LogP contribution is -2.36. The van der Waals surface area contributed by atoms with E-state index in [0.717, 1.165) is 6.07 Å². The van der Waals surface area contributed by atoms with Crippen molar-refractivity contribution in [1.82, 2.24) is 0 Å². The van der Waals surface area contributed by atoms with Gasteiger partial charge in [0.25, 0.3) is 10.0 Å². The number of carbonyl (C=O) groups is 1. The van der Waals surface area contributed by atoms with Gasteiger partial charge in [0.2, 0.25) is 0 Å². The fourth-order valence-electron chi connectivity index (χ4n) is 2.09. The Kier molecular flexibility index (Phi) is 5.74. The van der Waals surface area contributed by atoms with Crippen LogP contribution in [0, 0.1) is 0 Å². The molecular weight excluding hydrogens is 418 g/mol. The number of aliphatic carboxylic acids is 1. The minimum absolute atomic E-state index is 0.290. The number of anilines is 1. The number of carboxylic acid groups (broad SMARTS) is 1. The van der Waals surface area contributed by atoms with E-state index >= 15 is 0 Å². The highest BCUT2D eigenvalue weighted by Gasteiger charge is 2.36. The quantitative estimate of drug-likeness (QED) is 0.771. The van der Waals surface area contributed by atoms with Crippen LogP contribution in [0.2, 0.25) is 10.0 Å². The fraction of sp³-hybridized carbons (Fsp3) is 0.133. The molecule has 0 aliphatic carbocycles. The average molecular weight is 428 g/mol. The maximum atomic E-state index is 13.1. The van der Waals surface area contributed by atoms with Crippen molar-refractivity contribution >= 4 is 44.9 Å². The summed E-state index contributed by atoms with van der Waals surface area (Å²) in [6.07, 6.45) is -4.89. The van der Waals surface area contributed by atoms with Gasteiger partial charge in [-0.25, -0.2) is 8.42 Å². The molecule has 11 heteroatoms. The third-order valence-electron chi connectivity index (χ3n) is 3.22. The highest BCUT2D eigenvalue weighted by atomic mass is 35.5. The van der Waals surface area contributed by atoms with Gasteiger partial charge in [-0.05, 0) is 24.3 Å². The molecule has 2 aromatic carbocycles. The first-order valence-electron chi connectivity index (χ1n) is 6.80. The molecule has 0 spiro atoms. The van der Waals surface area contributed by atoms with E-state index < -0.39 is 50.0 Å². The van der Waals surface area contributed by atoms with Crippen LogP contribution in [0.4, 0.5) is 18.9 Å². The normalized spacial score (nSPS) is 12.0. The molecule has 0 unspecified atom stereocenters. The molecule has 0 fully saturated rings. The lowest BCUT2D eigenvalue weighted by molar-refractivity contribution is -0.137. The molecule has 2 aromatic rings. The van der Waals surface area contributed by atoms with Crippen LogP contribution in [0.1, 0.15) is 5.56 Å². The summed E-state index contributed by atoms with van der Waals surface area (Å²) in [4.78, 5) is 10.8. The van der Waals surface area contributed by atoms with Crippen molar-refractivity contribution in [1.29, 1.82) is 0 Å². The van der Waals surface area contributed by atoms with E-state index in [1.54, 1.807) is 0 Å². The second-order valence-electron chi connectivity index (χ2n) is 5.00. The molecule has 0 heterocycles. The maximum Gasteiger partial charge on any atom is 0.417 e. The molecule has 0 radical (unpaired) electrons. The van der Waals surface area contributed by atoms with Crippen LogP contribution in [0.3, 0.4) is 0 Å². The second kappa shape index (κ2) is 7.34. The number of benzene rings is 2. The number of hydrogen-bond donors (Lipinski definition) is 1. The molecule has 1 N–H and O–H groups in total. The minimum atomic E-state index is -4.89. The predicted molar refractivity (Wildman–Crippen MR) is 90.1 cm³/mol. The standard InChI is InChI=1S/C15H10Cl2F3NO4S/c16-11-7-12(17)13(6-10(11)15(18,19)20)21(8-14(22)23)26(24,25)9-4-2-1-3-5-9/h1-7H,8H2,(H,22,23). The van der Waals surface area contributed by atoms with Gasteiger partial charge >= 0.3 is 12.1 Å². The van der Waals surface area contributed by atoms with Gasteiger partial charge in [0.05, 0.1) is 26.2 Å². The SMILES string of the molecule is O=C(O)CN(c1cc(C(F)(F)F)c(Cl)cc1Cl)S(=O)(=O)c1ccccc1. The van der Waals surface area contributed by atoms with Gasteiger partial charge in [-0.2, -0.15) is 13.2 Å². The van der Waals surface area contributed by atoms with Gasteiger partial charge in [-0.1, -0.05) is 41.4 Å². The molecule has 2 rings (SSSR count). The zero-order valence-corrected chi connectivity index (χ0v) is 15.0. The van der Waals surface area contributed by atoms with Crippen LogP contribution in [-0.4, -0.2) is 26.0 Å². The van der Waals surface area contributed by atoms with Crippen LogP contribution in [0.25, 0.3) is 0 Å². The first-order valence-corrected chi connectivity index (χ1v) is 9.00. The van der Waals surface area contributed by atoms with Gasteiger partial charge in [-0.15, -0.1) is 0 Å². The first-order chi connectivity index (χ1) is 11.9. The van der Waals surface area contributed by atoms with Crippen LogP contribution in [-0.2, 0) is 21.0 Å². The average Bonchev–Trinajstić information content (AvgIpc) is 2.52. The summed E-state index contributed by atoms with van der Waals surface area (Å²) < 4.78 is 65.1. The third kappa shape index (κ3) is 4.22. The van der Waals surface area contributed by atoms with E-state index in [4.69, 9.17) is 28.3 Å². The number of rotatable bonds is 5. The molecule has 140 valence electrons. The van der Waals surface area contributed by atoms with Crippen LogP contribution >= 0.6 is 23.2 Å². The summed E-state index contributed by atoms with van der Waals surface area (Å²) in [6, 6.07) is 7.78. The van der Waals surface area contributed by atoms with E-state index in [1.807, 2.05) is 0 Å². The highest BCUT2D eigenvalue weighted by Crippen LogP contribution is 2.41. The number of alkyl halides is 3. The summed E-state index contributed by atoms with van der Waals surface area (Å²) in [5.74, 6) is -1.58. The van der Waals surface area contributed by atoms with E-state index in [0.29, 0.717) is 10.4 Å². The van der Waals surface area contributed by atoms with Crippen LogP contribution in [0.5, 0.6) is 0 Å². The number of carboxylic acids is 1. The third-order valence-corrected chi connectivity index (χ3v) is 5.61. The monoisotopic (exact) mass is 427 g/mol. The fourth-order valence-corrected chi connectivity index (χ4v) is 4.18. The molecule has 0 aliphatic rings. The van der Waals surface area contributed by atoms with Gasteiger partial charge in [0.1, 0.15) is 6.54 Å². The Labute approximate surface area is 156 Å². The van der Waals surface area contributed by atoms with Crippen molar-refractivity contribution in [3.05, 3.63) is 58.1 Å². The van der Waals surface area contributed by atoms with Crippen molar-refractivity contribution in [2.45, 2.75) is 11.1 Å². The zero-order valence-electron chi connectivity index (χ0n) is 12.7. The zero-order chi connectivity index (χ0) is 19.7. The largest absolute Gasteiger partial charge is 0.480 e. The molecule has 0 saturated carbocycles. The number of sulfonamides is 1. The summed E-state index contributed by atoms with van der Waals surface area (Å²) in [7, 11) is -4.49. The molecule has 0 aromatic heterocycles. The Morgan fingerprint density at radius 3 is 2.15 bits per heavy atom. The molecule has 0 saturated heterocycles. The summed E-state index contributed by atoms with van der Waals surface area (Å²) in [5, 5.41) is 7.85. The van der Waals surface area contributed by atoms with Crippen molar-refractivity contribution in [3.63, 3.8) is 0 Å². The number of hydrogen-bond acceptors (Lipinski definition) is 3. The first kappa shape index (κ1) is 20.3. The lowest BCUT2D eigenvalue weighted by Gasteiger charge is -2.25. The number of halogens is 5. The highest BCUT2D eigenvalue weighted by molar-refractivity contribution is 7.92. The van der Waals surface area contributed by atoms with Gasteiger partial charge in [0.15, 0.2) is 0 Å². The van der Waals surface area contributed by atoms with Gasteiger partial charge in [0, 0.05) is 0 Å². The Hall–Kier alpha value is -1.97. The second-order valence-corrected chi connectivity index (χ2v) is 7.68. The molecule has 0 amide bonds. The summed E-state index contributed by atoms with van der Waals surface area (Å²) in [6.45, 7) is -1.13. The molecule has 0 bridgehead atoms. The molecule has 0 aliphatic heterocycles. The lowest BCUT2D eigenvalue weighted by atomic mass is 10.2. The Morgan fingerprint density at radius 1 is 1.08 bits per heavy atom. The topological polar surface area (TPSA) is 74.7 Å². The molecule has 26 heavy (non-hydrogen) atoms. The van der Waals surface area contributed by atoms with Gasteiger partial charge < -0.3 is 5.11 Å². The number of nitrogens with zero attached hydrogens (tertiary/aromatic N) is 1. The van der Waals surface area contributed by atoms with Crippen molar-refractivity contribution in [3.8, 4) is 0 Å². The van der Waals surface area contributed by atoms with Crippen molar-refractivity contribution in [2.75, 3.05) is 10.8 Å². The molecule has 0 atom stereocenters. The van der Waals surface area contributed by atoms with Crippen LogP contribution in [0.15, 0.2) is 47.4 Å². The van der Waals surface area contributed by atoms with Crippen LogP contribution < -0.4 is 4.31 Å². The summed E-state index contributed by atoms with van der Waals surface area (Å²) >= 11 is 11.4. The van der Waals surface area contributed by atoms with E-state index in [-0.39, 0.29) is 4.90 Å². The van der Waals surface area contributed by atoms with E-state index in [9.17, 15) is 26.4 Å². The van der Waals surface area contributed by atoms with E-state index in [1.165, 1.54) is 30.3 Å².